The van der Waals surface area contributed by atoms with Gasteiger partial charge in [0.1, 0.15) is 36.4 Å². The van der Waals surface area contributed by atoms with Gasteiger partial charge in [0.15, 0.2) is 0 Å². The Balaban J connectivity index is 0.000000190. The molecule has 19 heteroatoms. The number of carbonyl (C=O) groups excluding carboxylic acids is 4. The van der Waals surface area contributed by atoms with Crippen LogP contribution < -0.4 is 20.9 Å². The highest BCUT2D eigenvalue weighted by molar-refractivity contribution is 7.12. The molecule has 4 amide bonds. The number of carbonyl (C=O) groups is 4. The van der Waals surface area contributed by atoms with Crippen LogP contribution in [0.2, 0.25) is 0 Å². The molecule has 0 radical (unpaired) electrons. The normalized spacial score (nSPS) is 15.1. The number of pyridine rings is 2. The van der Waals surface area contributed by atoms with E-state index >= 15 is 0 Å². The van der Waals surface area contributed by atoms with Gasteiger partial charge in [-0.05, 0) is 62.7 Å². The van der Waals surface area contributed by atoms with Gasteiger partial charge in [-0.25, -0.2) is 0 Å². The van der Waals surface area contributed by atoms with E-state index < -0.39 is 11.1 Å². The van der Waals surface area contributed by atoms with E-state index in [4.69, 9.17) is 4.74 Å². The summed E-state index contributed by atoms with van der Waals surface area (Å²) in [5.41, 5.74) is 1.50. The molecule has 3 fully saturated rings. The summed E-state index contributed by atoms with van der Waals surface area (Å²) in [6.45, 7) is 13.5. The third kappa shape index (κ3) is 10.4. The minimum atomic E-state index is -0.472. The molecule has 3 saturated heterocycles. The molecule has 3 aliphatic rings. The van der Waals surface area contributed by atoms with Crippen LogP contribution in [0, 0.1) is 22.7 Å². The number of thiophene rings is 2. The molecule has 368 valence electrons. The van der Waals surface area contributed by atoms with Gasteiger partial charge in [-0.15, -0.1) is 22.7 Å². The first-order valence-electron chi connectivity index (χ1n) is 23.8. The first kappa shape index (κ1) is 50.1. The highest BCUT2D eigenvalue weighted by atomic mass is 32.1. The van der Waals surface area contributed by atoms with Crippen LogP contribution in [-0.2, 0) is 27.4 Å². The van der Waals surface area contributed by atoms with Gasteiger partial charge in [-0.1, -0.05) is 48.5 Å². The Labute approximate surface area is 419 Å². The predicted molar refractivity (Wildman–Crippen MR) is 275 cm³/mol. The minimum Gasteiger partial charge on any atom is -0.378 e. The zero-order chi connectivity index (χ0) is 50.3. The third-order valence-electron chi connectivity index (χ3n) is 13.1. The summed E-state index contributed by atoms with van der Waals surface area (Å²) >= 11 is 2.84. The SMILES string of the molecule is CC(C)N(C(=O)Cn1c(=O)c(C#N)c(N2CCN(C(=O)c3cccs3)CC2)c2ccccc21)C(C)C.N#Cc1c(N2CCN(C(=O)c3cccs3)CC2)c2ccccc2n(CC(=O)N2CCOCC2)c1=O. The fraction of sp³-hybridized carbons (Fsp3) is 0.385. The minimum absolute atomic E-state index is 0.00190. The molecule has 0 spiro atoms. The van der Waals surface area contributed by atoms with Gasteiger partial charge in [-0.3, -0.25) is 37.9 Å². The molecule has 71 heavy (non-hydrogen) atoms. The number of benzene rings is 2. The van der Waals surface area contributed by atoms with Crippen molar-refractivity contribution in [1.82, 2.24) is 28.7 Å². The molecule has 3 aliphatic heterocycles. The molecule has 6 aromatic rings. The molecule has 0 unspecified atom stereocenters. The second-order valence-corrected chi connectivity index (χ2v) is 19.9. The molecular weight excluding hydrogens is 941 g/mol. The molecule has 7 heterocycles. The Morgan fingerprint density at radius 3 is 1.39 bits per heavy atom. The molecule has 0 bridgehead atoms. The largest absolute Gasteiger partial charge is 0.378 e. The van der Waals surface area contributed by atoms with Crippen LogP contribution in [0.4, 0.5) is 11.4 Å². The number of nitriles is 2. The van der Waals surface area contributed by atoms with E-state index in [0.717, 1.165) is 10.8 Å². The Bertz CT molecular complexity index is 3120. The van der Waals surface area contributed by atoms with Crippen LogP contribution in [0.15, 0.2) is 93.1 Å². The number of morpholine rings is 1. The zero-order valence-electron chi connectivity index (χ0n) is 40.3. The zero-order valence-corrected chi connectivity index (χ0v) is 41.9. The Kier molecular flexibility index (Phi) is 15.6. The van der Waals surface area contributed by atoms with Crippen molar-refractivity contribution in [3.05, 3.63) is 125 Å². The predicted octanol–water partition coefficient (Wildman–Crippen LogP) is 5.30. The van der Waals surface area contributed by atoms with Crippen molar-refractivity contribution in [2.45, 2.75) is 52.9 Å². The lowest BCUT2D eigenvalue weighted by molar-refractivity contribution is -0.136. The van der Waals surface area contributed by atoms with Crippen molar-refractivity contribution in [3.63, 3.8) is 0 Å². The number of ether oxygens (including phenoxy) is 1. The van der Waals surface area contributed by atoms with Crippen LogP contribution in [0.25, 0.3) is 21.8 Å². The van der Waals surface area contributed by atoms with E-state index in [1.54, 1.807) is 14.7 Å². The van der Waals surface area contributed by atoms with Crippen LogP contribution in [0.1, 0.15) is 58.2 Å². The maximum Gasteiger partial charge on any atom is 0.271 e. The monoisotopic (exact) mass is 996 g/mol. The highest BCUT2D eigenvalue weighted by Crippen LogP contribution is 2.32. The number of hydrogen-bond donors (Lipinski definition) is 0. The first-order valence-corrected chi connectivity index (χ1v) is 25.5. The fourth-order valence-corrected chi connectivity index (χ4v) is 11.1. The number of fused-ring (bicyclic) bond motifs is 2. The molecule has 9 rings (SSSR count). The number of anilines is 2. The van der Waals surface area contributed by atoms with Gasteiger partial charge < -0.3 is 34.1 Å². The van der Waals surface area contributed by atoms with Gasteiger partial charge in [0, 0.05) is 88.3 Å². The summed E-state index contributed by atoms with van der Waals surface area (Å²) in [6, 6.07) is 26.3. The maximum absolute atomic E-state index is 13.6. The molecular formula is C52H56N10O7S2. The van der Waals surface area contributed by atoms with Crippen LogP contribution in [0.3, 0.4) is 0 Å². The quantitative estimate of drug-likeness (QED) is 0.173. The van der Waals surface area contributed by atoms with Gasteiger partial charge in [-0.2, -0.15) is 10.5 Å². The molecule has 0 aliphatic carbocycles. The lowest BCUT2D eigenvalue weighted by Gasteiger charge is -2.37. The van der Waals surface area contributed by atoms with Gasteiger partial charge in [0.25, 0.3) is 22.9 Å². The molecule has 0 atom stereocenters. The second-order valence-electron chi connectivity index (χ2n) is 18.0. The van der Waals surface area contributed by atoms with Gasteiger partial charge in [0.2, 0.25) is 11.8 Å². The fourth-order valence-electron chi connectivity index (χ4n) is 9.77. The Hall–Kier alpha value is -7.32. The summed E-state index contributed by atoms with van der Waals surface area (Å²) in [7, 11) is 0. The van der Waals surface area contributed by atoms with E-state index in [1.165, 1.54) is 31.8 Å². The number of aromatic nitrogens is 2. The topological polar surface area (TPSA) is 189 Å². The molecule has 2 aromatic carbocycles. The number of rotatable bonds is 10. The highest BCUT2D eigenvalue weighted by Gasteiger charge is 2.31. The Morgan fingerprint density at radius 1 is 0.577 bits per heavy atom. The summed E-state index contributed by atoms with van der Waals surface area (Å²) in [5, 5.41) is 25.3. The van der Waals surface area contributed by atoms with Crippen molar-refractivity contribution < 1.29 is 23.9 Å². The molecule has 17 nitrogen and oxygen atoms in total. The van der Waals surface area contributed by atoms with Crippen LogP contribution in [-0.4, -0.2) is 143 Å². The number of nitrogens with zero attached hydrogens (tertiary/aromatic N) is 10. The average molecular weight is 997 g/mol. The smallest absolute Gasteiger partial charge is 0.271 e. The summed E-state index contributed by atoms with van der Waals surface area (Å²) in [4.78, 5) is 91.2. The van der Waals surface area contributed by atoms with E-state index in [2.05, 4.69) is 12.1 Å². The lowest BCUT2D eigenvalue weighted by atomic mass is 10.1. The van der Waals surface area contributed by atoms with Gasteiger partial charge in [0.05, 0.1) is 45.4 Å². The number of para-hydroxylation sites is 2. The summed E-state index contributed by atoms with van der Waals surface area (Å²) in [5.74, 6) is -0.326. The van der Waals surface area contributed by atoms with Crippen molar-refractivity contribution in [2.75, 3.05) is 88.5 Å². The van der Waals surface area contributed by atoms with E-state index in [9.17, 15) is 39.3 Å². The number of amides is 4. The van der Waals surface area contributed by atoms with E-state index in [0.29, 0.717) is 111 Å². The van der Waals surface area contributed by atoms with Crippen LogP contribution in [0.5, 0.6) is 0 Å². The van der Waals surface area contributed by atoms with E-state index in [1.807, 2.05) is 126 Å². The summed E-state index contributed by atoms with van der Waals surface area (Å²) < 4.78 is 8.15. The maximum atomic E-state index is 13.6. The number of piperazine rings is 2. The molecule has 0 N–H and O–H groups in total. The van der Waals surface area contributed by atoms with Crippen molar-refractivity contribution in [2.24, 2.45) is 0 Å². The number of hydrogen-bond acceptors (Lipinski definition) is 13. The van der Waals surface area contributed by atoms with Crippen molar-refractivity contribution in [1.29, 1.82) is 10.5 Å². The molecule has 0 saturated carbocycles. The average Bonchev–Trinajstić information content (AvgIpc) is 4.14. The van der Waals surface area contributed by atoms with Crippen molar-refractivity contribution >= 4 is 79.5 Å². The Morgan fingerprint density at radius 2 is 1.00 bits per heavy atom. The standard InChI is InChI=1S/C27H31N5O3S.C25H25N5O4S/c1-18(2)32(19(3)4)24(33)17-31-22-9-6-5-8-20(22)25(21(16-28)26(31)34)29-11-13-30(14-12-29)27(35)23-10-7-15-36-23;26-16-19-23(28-7-9-29(10-8-28)25(33)21-6-3-15-35-21)18-4-1-2-5-20(18)30(24(19)32)17-22(31)27-11-13-34-14-12-27/h5-10,15,18-19H,11-14,17H2,1-4H3;1-6,15H,7-14,17H2. The third-order valence-corrected chi connectivity index (χ3v) is 14.8. The lowest BCUT2D eigenvalue weighted by Crippen LogP contribution is -2.49. The first-order chi connectivity index (χ1) is 34.3. The summed E-state index contributed by atoms with van der Waals surface area (Å²) in [6.07, 6.45) is 0. The van der Waals surface area contributed by atoms with Gasteiger partial charge >= 0.3 is 0 Å². The van der Waals surface area contributed by atoms with E-state index in [-0.39, 0.29) is 59.9 Å². The molecule has 4 aromatic heterocycles. The van der Waals surface area contributed by atoms with Crippen LogP contribution >= 0.6 is 22.7 Å². The second kappa shape index (κ2) is 22.2. The van der Waals surface area contributed by atoms with Crippen molar-refractivity contribution in [3.8, 4) is 12.1 Å².